The Labute approximate surface area is 134 Å². The van der Waals surface area contributed by atoms with Crippen LogP contribution in [-0.4, -0.2) is 56.2 Å². The highest BCUT2D eigenvalue weighted by molar-refractivity contribution is 7.98. The van der Waals surface area contributed by atoms with Gasteiger partial charge < -0.3 is 24.4 Å². The molecule has 1 N–H and O–H groups in total. The van der Waals surface area contributed by atoms with Gasteiger partial charge in [0.1, 0.15) is 13.2 Å². The predicted octanol–water partition coefficient (Wildman–Crippen LogP) is 2.43. The maximum Gasteiger partial charge on any atom is 0.322 e. The van der Waals surface area contributed by atoms with E-state index in [4.69, 9.17) is 14.2 Å². The van der Waals surface area contributed by atoms with E-state index in [9.17, 15) is 4.79 Å². The molecule has 0 saturated carbocycles. The number of nitrogens with one attached hydrogen (secondary N) is 1. The number of carbonyl (C=O) groups excluding carboxylic acids is 1. The normalized spacial score (nSPS) is 20.6. The number of rotatable bonds is 2. The van der Waals surface area contributed by atoms with Gasteiger partial charge >= 0.3 is 6.03 Å². The molecule has 1 saturated heterocycles. The summed E-state index contributed by atoms with van der Waals surface area (Å²) in [4.78, 5) is 15.2. The van der Waals surface area contributed by atoms with Crippen molar-refractivity contribution in [2.24, 2.45) is 0 Å². The number of benzene rings is 1. The van der Waals surface area contributed by atoms with Crippen LogP contribution in [0.4, 0.5) is 10.5 Å². The van der Waals surface area contributed by atoms with E-state index < -0.39 is 0 Å². The standard InChI is InChI=1S/C15H20N2O4S/c1-10-9-17(3-4-19-10)15(18)16-11-7-12-13(8-14(11)22-2)21-6-5-20-12/h7-8,10H,3-6,9H2,1-2H3,(H,16,18)/t10-/m0/s1. The molecule has 2 amide bonds. The van der Waals surface area contributed by atoms with Gasteiger partial charge in [-0.25, -0.2) is 4.79 Å². The molecule has 2 aliphatic heterocycles. The van der Waals surface area contributed by atoms with Crippen molar-refractivity contribution in [2.75, 3.05) is 44.5 Å². The van der Waals surface area contributed by atoms with Crippen LogP contribution in [0.2, 0.25) is 0 Å². The van der Waals surface area contributed by atoms with Crippen molar-refractivity contribution >= 4 is 23.5 Å². The molecule has 120 valence electrons. The summed E-state index contributed by atoms with van der Waals surface area (Å²) < 4.78 is 16.6. The van der Waals surface area contributed by atoms with E-state index >= 15 is 0 Å². The summed E-state index contributed by atoms with van der Waals surface area (Å²) in [5.41, 5.74) is 0.751. The summed E-state index contributed by atoms with van der Waals surface area (Å²) in [5, 5.41) is 2.98. The fourth-order valence-electron chi connectivity index (χ4n) is 2.53. The highest BCUT2D eigenvalue weighted by atomic mass is 32.2. The quantitative estimate of drug-likeness (QED) is 0.847. The number of hydrogen-bond acceptors (Lipinski definition) is 5. The van der Waals surface area contributed by atoms with Crippen molar-refractivity contribution in [3.05, 3.63) is 12.1 Å². The van der Waals surface area contributed by atoms with Crippen LogP contribution in [0.3, 0.4) is 0 Å². The van der Waals surface area contributed by atoms with Crippen molar-refractivity contribution in [1.82, 2.24) is 4.90 Å². The van der Waals surface area contributed by atoms with Crippen molar-refractivity contribution in [3.63, 3.8) is 0 Å². The third kappa shape index (κ3) is 3.25. The highest BCUT2D eigenvalue weighted by Crippen LogP contribution is 2.39. The summed E-state index contributed by atoms with van der Waals surface area (Å²) in [6.07, 6.45) is 2.04. The lowest BCUT2D eigenvalue weighted by molar-refractivity contribution is -0.00139. The number of anilines is 1. The molecule has 0 aromatic heterocycles. The van der Waals surface area contributed by atoms with E-state index in [1.807, 2.05) is 25.3 Å². The minimum atomic E-state index is -0.109. The summed E-state index contributed by atoms with van der Waals surface area (Å²) in [6, 6.07) is 3.64. The molecule has 22 heavy (non-hydrogen) atoms. The number of morpholine rings is 1. The van der Waals surface area contributed by atoms with Crippen LogP contribution in [0.5, 0.6) is 11.5 Å². The second kappa shape index (κ2) is 6.66. The Kier molecular flexibility index (Phi) is 4.63. The summed E-state index contributed by atoms with van der Waals surface area (Å²) in [7, 11) is 0. The minimum absolute atomic E-state index is 0.0692. The van der Waals surface area contributed by atoms with Crippen molar-refractivity contribution < 1.29 is 19.0 Å². The van der Waals surface area contributed by atoms with Gasteiger partial charge in [0.05, 0.1) is 18.4 Å². The maximum absolute atomic E-state index is 12.4. The summed E-state index contributed by atoms with van der Waals surface area (Å²) in [5.74, 6) is 1.41. The van der Waals surface area contributed by atoms with Gasteiger partial charge in [-0.1, -0.05) is 0 Å². The van der Waals surface area contributed by atoms with E-state index in [1.165, 1.54) is 0 Å². The Morgan fingerprint density at radius 2 is 2.00 bits per heavy atom. The first-order valence-electron chi connectivity index (χ1n) is 7.32. The van der Waals surface area contributed by atoms with E-state index in [1.54, 1.807) is 16.7 Å². The molecule has 1 aromatic rings. The number of urea groups is 1. The van der Waals surface area contributed by atoms with Crippen LogP contribution in [0.1, 0.15) is 6.92 Å². The second-order valence-corrected chi connectivity index (χ2v) is 6.10. The van der Waals surface area contributed by atoms with Crippen molar-refractivity contribution in [1.29, 1.82) is 0 Å². The highest BCUT2D eigenvalue weighted by Gasteiger charge is 2.23. The Morgan fingerprint density at radius 3 is 2.68 bits per heavy atom. The van der Waals surface area contributed by atoms with Crippen LogP contribution in [0, 0.1) is 0 Å². The number of amides is 2. The second-order valence-electron chi connectivity index (χ2n) is 5.25. The first-order valence-corrected chi connectivity index (χ1v) is 8.55. The topological polar surface area (TPSA) is 60.0 Å². The molecule has 1 atom stereocenters. The summed E-state index contributed by atoms with van der Waals surface area (Å²) in [6.45, 7) is 4.83. The number of carbonyl (C=O) groups is 1. The fraction of sp³-hybridized carbons (Fsp3) is 0.533. The van der Waals surface area contributed by atoms with Gasteiger partial charge in [-0.3, -0.25) is 0 Å². The van der Waals surface area contributed by atoms with Gasteiger partial charge in [0.15, 0.2) is 11.5 Å². The van der Waals surface area contributed by atoms with Crippen LogP contribution >= 0.6 is 11.8 Å². The van der Waals surface area contributed by atoms with Crippen molar-refractivity contribution in [3.8, 4) is 11.5 Å². The van der Waals surface area contributed by atoms with E-state index in [0.717, 1.165) is 16.3 Å². The molecule has 1 fully saturated rings. The first kappa shape index (κ1) is 15.3. The van der Waals surface area contributed by atoms with Gasteiger partial charge in [-0.2, -0.15) is 0 Å². The number of thioether (sulfide) groups is 1. The SMILES string of the molecule is CSc1cc2c(cc1NC(=O)N1CCO[C@@H](C)C1)OCCO2. The Hall–Kier alpha value is -1.60. The van der Waals surface area contributed by atoms with Gasteiger partial charge in [0.25, 0.3) is 0 Å². The van der Waals surface area contributed by atoms with Gasteiger partial charge in [-0.05, 0) is 19.2 Å². The Bertz CT molecular complexity index is 567. The lowest BCUT2D eigenvalue weighted by Crippen LogP contribution is -2.46. The lowest BCUT2D eigenvalue weighted by Gasteiger charge is -2.31. The molecular weight excluding hydrogens is 304 g/mol. The van der Waals surface area contributed by atoms with Crippen LogP contribution < -0.4 is 14.8 Å². The number of ether oxygens (including phenoxy) is 3. The van der Waals surface area contributed by atoms with Gasteiger partial charge in [0.2, 0.25) is 0 Å². The average Bonchev–Trinajstić information content (AvgIpc) is 2.54. The van der Waals surface area contributed by atoms with Gasteiger partial charge in [0, 0.05) is 24.1 Å². The Balaban J connectivity index is 1.77. The first-order chi connectivity index (χ1) is 10.7. The molecule has 0 aliphatic carbocycles. The Morgan fingerprint density at radius 1 is 1.27 bits per heavy atom. The average molecular weight is 324 g/mol. The zero-order valence-corrected chi connectivity index (χ0v) is 13.6. The molecule has 0 unspecified atom stereocenters. The van der Waals surface area contributed by atoms with Crippen molar-refractivity contribution in [2.45, 2.75) is 17.9 Å². The number of nitrogens with zero attached hydrogens (tertiary/aromatic N) is 1. The minimum Gasteiger partial charge on any atom is -0.486 e. The molecule has 2 heterocycles. The predicted molar refractivity (Wildman–Crippen MR) is 85.2 cm³/mol. The molecule has 6 nitrogen and oxygen atoms in total. The number of fused-ring (bicyclic) bond motifs is 1. The van der Waals surface area contributed by atoms with Crippen LogP contribution in [0.15, 0.2) is 17.0 Å². The molecule has 1 aromatic carbocycles. The van der Waals surface area contributed by atoms with E-state index in [-0.39, 0.29) is 12.1 Å². The third-order valence-electron chi connectivity index (χ3n) is 3.63. The van der Waals surface area contributed by atoms with Crippen LogP contribution in [0.25, 0.3) is 0 Å². The monoisotopic (exact) mass is 324 g/mol. The smallest absolute Gasteiger partial charge is 0.322 e. The lowest BCUT2D eigenvalue weighted by atomic mass is 10.2. The third-order valence-corrected chi connectivity index (χ3v) is 4.41. The molecule has 0 spiro atoms. The maximum atomic E-state index is 12.4. The zero-order chi connectivity index (χ0) is 15.5. The molecule has 7 heteroatoms. The summed E-state index contributed by atoms with van der Waals surface area (Å²) >= 11 is 1.56. The molecule has 0 bridgehead atoms. The van der Waals surface area contributed by atoms with Crippen LogP contribution in [-0.2, 0) is 4.74 Å². The molecular formula is C15H20N2O4S. The van der Waals surface area contributed by atoms with Gasteiger partial charge in [-0.15, -0.1) is 11.8 Å². The van der Waals surface area contributed by atoms with E-state index in [2.05, 4.69) is 5.32 Å². The molecule has 3 rings (SSSR count). The fourth-order valence-corrected chi connectivity index (χ4v) is 3.09. The zero-order valence-electron chi connectivity index (χ0n) is 12.8. The molecule has 2 aliphatic rings. The van der Waals surface area contributed by atoms with E-state index in [0.29, 0.717) is 38.7 Å². The molecule has 0 radical (unpaired) electrons. The largest absolute Gasteiger partial charge is 0.486 e. The number of hydrogen-bond donors (Lipinski definition) is 1.